The normalized spacial score (nSPS) is 13.5. The molecule has 4 nitrogen and oxygen atoms in total. The Kier molecular flexibility index (Phi) is 2.44. The molecule has 0 spiro atoms. The molecule has 2 aromatic rings. The lowest BCUT2D eigenvalue weighted by Crippen LogP contribution is -1.99. The summed E-state index contributed by atoms with van der Waals surface area (Å²) in [6, 6.07) is 4.12. The van der Waals surface area contributed by atoms with Crippen LogP contribution in [0, 0.1) is 0 Å². The van der Waals surface area contributed by atoms with Gasteiger partial charge in [0.1, 0.15) is 0 Å². The van der Waals surface area contributed by atoms with Gasteiger partial charge in [0.2, 0.25) is 6.79 Å². The number of nitrogens with zero attached hydrogens (tertiary/aromatic N) is 1. The first kappa shape index (κ1) is 10.5. The second-order valence-corrected chi connectivity index (χ2v) is 4.38. The molecule has 0 bridgehead atoms. The minimum Gasteiger partial charge on any atom is -0.454 e. The van der Waals surface area contributed by atoms with Gasteiger partial charge in [0, 0.05) is 24.7 Å². The standard InChI is InChI=1S/C13H16N2O2/c1-15-7-9(3-2-4-14)10-5-12-13(6-11(10)15)17-8-16-12/h5-7H,2-4,8,14H2,1H3. The number of ether oxygens (including phenoxy) is 2. The highest BCUT2D eigenvalue weighted by Gasteiger charge is 2.17. The number of fused-ring (bicyclic) bond motifs is 2. The van der Waals surface area contributed by atoms with Crippen LogP contribution in [0.3, 0.4) is 0 Å². The van der Waals surface area contributed by atoms with E-state index in [0.717, 1.165) is 30.9 Å². The van der Waals surface area contributed by atoms with Crippen molar-refractivity contribution in [3.05, 3.63) is 23.9 Å². The van der Waals surface area contributed by atoms with Crippen LogP contribution in [0.25, 0.3) is 10.9 Å². The molecule has 2 heterocycles. The molecule has 0 fully saturated rings. The summed E-state index contributed by atoms with van der Waals surface area (Å²) in [4.78, 5) is 0. The number of benzene rings is 1. The van der Waals surface area contributed by atoms with E-state index in [2.05, 4.69) is 23.9 Å². The van der Waals surface area contributed by atoms with E-state index in [1.807, 2.05) is 6.07 Å². The SMILES string of the molecule is Cn1cc(CCCN)c2cc3c(cc21)OCO3. The average Bonchev–Trinajstić information content (AvgIpc) is 2.90. The van der Waals surface area contributed by atoms with E-state index >= 15 is 0 Å². The van der Waals surface area contributed by atoms with Crippen LogP contribution in [0.5, 0.6) is 11.5 Å². The summed E-state index contributed by atoms with van der Waals surface area (Å²) in [5.74, 6) is 1.68. The van der Waals surface area contributed by atoms with E-state index in [4.69, 9.17) is 15.2 Å². The van der Waals surface area contributed by atoms with Gasteiger partial charge < -0.3 is 19.8 Å². The van der Waals surface area contributed by atoms with Crippen LogP contribution < -0.4 is 15.2 Å². The number of aryl methyl sites for hydroxylation is 2. The summed E-state index contributed by atoms with van der Waals surface area (Å²) < 4.78 is 12.9. The number of nitrogens with two attached hydrogens (primary N) is 1. The van der Waals surface area contributed by atoms with Crippen LogP contribution in [0.2, 0.25) is 0 Å². The van der Waals surface area contributed by atoms with Crippen LogP contribution in [0.1, 0.15) is 12.0 Å². The second kappa shape index (κ2) is 3.96. The van der Waals surface area contributed by atoms with Gasteiger partial charge in [0.25, 0.3) is 0 Å². The Hall–Kier alpha value is -1.68. The summed E-state index contributed by atoms with van der Waals surface area (Å²) in [6.45, 7) is 1.05. The maximum Gasteiger partial charge on any atom is 0.231 e. The summed E-state index contributed by atoms with van der Waals surface area (Å²) in [7, 11) is 2.05. The maximum absolute atomic E-state index is 5.57. The molecule has 2 N–H and O–H groups in total. The van der Waals surface area contributed by atoms with Crippen molar-refractivity contribution in [1.29, 1.82) is 0 Å². The van der Waals surface area contributed by atoms with Crippen molar-refractivity contribution in [2.75, 3.05) is 13.3 Å². The Bertz CT molecular complexity index is 560. The maximum atomic E-state index is 5.57. The molecule has 1 aromatic carbocycles. The molecule has 1 aliphatic rings. The predicted octanol–water partition coefficient (Wildman–Crippen LogP) is 1.80. The molecule has 17 heavy (non-hydrogen) atoms. The number of rotatable bonds is 3. The first-order valence-electron chi connectivity index (χ1n) is 5.87. The van der Waals surface area contributed by atoms with E-state index in [1.54, 1.807) is 0 Å². The molecule has 1 aromatic heterocycles. The van der Waals surface area contributed by atoms with Gasteiger partial charge in [-0.15, -0.1) is 0 Å². The molecule has 0 radical (unpaired) electrons. The zero-order chi connectivity index (χ0) is 11.8. The van der Waals surface area contributed by atoms with Crippen molar-refractivity contribution >= 4 is 10.9 Å². The summed E-state index contributed by atoms with van der Waals surface area (Å²) in [5, 5.41) is 1.24. The number of aromatic nitrogens is 1. The summed E-state index contributed by atoms with van der Waals surface area (Å²) in [5.41, 5.74) is 8.07. The number of hydrogen-bond acceptors (Lipinski definition) is 3. The van der Waals surface area contributed by atoms with Gasteiger partial charge in [-0.25, -0.2) is 0 Å². The molecule has 0 atom stereocenters. The van der Waals surface area contributed by atoms with E-state index in [9.17, 15) is 0 Å². The van der Waals surface area contributed by atoms with Crippen LogP contribution >= 0.6 is 0 Å². The molecule has 4 heteroatoms. The van der Waals surface area contributed by atoms with Crippen LogP contribution in [-0.2, 0) is 13.5 Å². The quantitative estimate of drug-likeness (QED) is 0.877. The highest BCUT2D eigenvalue weighted by Crippen LogP contribution is 2.37. The summed E-state index contributed by atoms with van der Waals surface area (Å²) in [6.07, 6.45) is 4.18. The average molecular weight is 232 g/mol. The van der Waals surface area contributed by atoms with Crippen LogP contribution in [0.15, 0.2) is 18.3 Å². The predicted molar refractivity (Wildman–Crippen MR) is 66.4 cm³/mol. The number of hydrogen-bond donors (Lipinski definition) is 1. The lowest BCUT2D eigenvalue weighted by Gasteiger charge is -2.00. The van der Waals surface area contributed by atoms with Gasteiger partial charge >= 0.3 is 0 Å². The minimum absolute atomic E-state index is 0.323. The van der Waals surface area contributed by atoms with Crippen molar-refractivity contribution in [2.24, 2.45) is 12.8 Å². The third kappa shape index (κ3) is 1.65. The Morgan fingerprint density at radius 3 is 2.82 bits per heavy atom. The van der Waals surface area contributed by atoms with Gasteiger partial charge in [-0.2, -0.15) is 0 Å². The molecule has 0 amide bonds. The molecular formula is C13H16N2O2. The molecule has 0 saturated carbocycles. The first-order valence-corrected chi connectivity index (χ1v) is 5.87. The van der Waals surface area contributed by atoms with Crippen molar-refractivity contribution in [3.63, 3.8) is 0 Å². The van der Waals surface area contributed by atoms with Gasteiger partial charge in [0.05, 0.1) is 5.52 Å². The third-order valence-corrected chi connectivity index (χ3v) is 3.22. The molecule has 3 rings (SSSR count). The highest BCUT2D eigenvalue weighted by molar-refractivity contribution is 5.87. The molecule has 0 saturated heterocycles. The Morgan fingerprint density at radius 2 is 2.06 bits per heavy atom. The van der Waals surface area contributed by atoms with Gasteiger partial charge in [0.15, 0.2) is 11.5 Å². The third-order valence-electron chi connectivity index (χ3n) is 3.22. The van der Waals surface area contributed by atoms with Gasteiger partial charge in [-0.1, -0.05) is 0 Å². The van der Waals surface area contributed by atoms with Crippen LogP contribution in [-0.4, -0.2) is 17.9 Å². The molecule has 1 aliphatic heterocycles. The second-order valence-electron chi connectivity index (χ2n) is 4.38. The van der Waals surface area contributed by atoms with Gasteiger partial charge in [-0.05, 0) is 31.0 Å². The lowest BCUT2D eigenvalue weighted by atomic mass is 10.1. The molecular weight excluding hydrogens is 216 g/mol. The largest absolute Gasteiger partial charge is 0.454 e. The smallest absolute Gasteiger partial charge is 0.231 e. The molecule has 0 unspecified atom stereocenters. The Morgan fingerprint density at radius 1 is 1.29 bits per heavy atom. The van der Waals surface area contributed by atoms with Crippen molar-refractivity contribution in [3.8, 4) is 11.5 Å². The lowest BCUT2D eigenvalue weighted by molar-refractivity contribution is 0.174. The van der Waals surface area contributed by atoms with E-state index in [0.29, 0.717) is 6.79 Å². The zero-order valence-corrected chi connectivity index (χ0v) is 9.90. The minimum atomic E-state index is 0.323. The van der Waals surface area contributed by atoms with Crippen molar-refractivity contribution in [1.82, 2.24) is 4.57 Å². The monoisotopic (exact) mass is 232 g/mol. The Labute approximate surface area is 99.9 Å². The highest BCUT2D eigenvalue weighted by atomic mass is 16.7. The fraction of sp³-hybridized carbons (Fsp3) is 0.385. The Balaban J connectivity index is 2.12. The van der Waals surface area contributed by atoms with E-state index < -0.39 is 0 Å². The van der Waals surface area contributed by atoms with Crippen molar-refractivity contribution in [2.45, 2.75) is 12.8 Å². The van der Waals surface area contributed by atoms with E-state index in [-0.39, 0.29) is 0 Å². The van der Waals surface area contributed by atoms with Crippen LogP contribution in [0.4, 0.5) is 0 Å². The van der Waals surface area contributed by atoms with Gasteiger partial charge in [-0.3, -0.25) is 0 Å². The molecule has 0 aliphatic carbocycles. The van der Waals surface area contributed by atoms with E-state index in [1.165, 1.54) is 16.5 Å². The van der Waals surface area contributed by atoms with Crippen molar-refractivity contribution < 1.29 is 9.47 Å². The fourth-order valence-electron chi connectivity index (χ4n) is 2.34. The topological polar surface area (TPSA) is 49.4 Å². The first-order chi connectivity index (χ1) is 8.29. The zero-order valence-electron chi connectivity index (χ0n) is 9.90. The fourth-order valence-corrected chi connectivity index (χ4v) is 2.34. The molecule has 90 valence electrons. The summed E-state index contributed by atoms with van der Waals surface area (Å²) >= 11 is 0.